The lowest BCUT2D eigenvalue weighted by molar-refractivity contribution is -0.143. The van der Waals surface area contributed by atoms with Crippen LogP contribution < -0.4 is 5.32 Å². The number of anilines is 1. The summed E-state index contributed by atoms with van der Waals surface area (Å²) in [6.45, 7) is 4.61. The van der Waals surface area contributed by atoms with Crippen LogP contribution in [0.2, 0.25) is 10.0 Å². The van der Waals surface area contributed by atoms with E-state index in [9.17, 15) is 19.2 Å². The third kappa shape index (κ3) is 8.50. The van der Waals surface area contributed by atoms with Crippen LogP contribution in [-0.4, -0.2) is 125 Å². The number of nitrogens with zero attached hydrogens (tertiary/aromatic N) is 5. The van der Waals surface area contributed by atoms with Crippen LogP contribution in [0.25, 0.3) is 0 Å². The molecular weight excluding hydrogens is 751 g/mol. The number of halogens is 3. The Bertz CT molecular complexity index is 1580. The summed E-state index contributed by atoms with van der Waals surface area (Å²) in [6, 6.07) is 11.5. The van der Waals surface area contributed by atoms with Crippen LogP contribution >= 0.6 is 39.1 Å². The predicted molar refractivity (Wildman–Crippen MR) is 193 cm³/mol. The van der Waals surface area contributed by atoms with Gasteiger partial charge in [-0.25, -0.2) is 9.59 Å². The molecule has 270 valence electrons. The number of rotatable bonds is 8. The molecule has 4 amide bonds. The largest absolute Gasteiger partial charge is 0.507 e. The van der Waals surface area contributed by atoms with Crippen LogP contribution in [0.3, 0.4) is 0 Å². The van der Waals surface area contributed by atoms with Crippen LogP contribution in [0.4, 0.5) is 15.3 Å². The van der Waals surface area contributed by atoms with Gasteiger partial charge in [0.25, 0.3) is 0 Å². The highest BCUT2D eigenvalue weighted by Crippen LogP contribution is 2.34. The molecule has 3 saturated heterocycles. The first-order chi connectivity index (χ1) is 24.0. The number of carbonyl (C=O) groups is 4. The first-order valence-corrected chi connectivity index (χ1v) is 18.7. The number of fused-ring (bicyclic) bond motifs is 1. The number of hydrogen-bond donors (Lipinski definition) is 2. The van der Waals surface area contributed by atoms with Gasteiger partial charge in [0.05, 0.1) is 20.4 Å². The first kappa shape index (κ1) is 36.7. The molecule has 15 heteroatoms. The average Bonchev–Trinajstić information content (AvgIpc) is 3.10. The summed E-state index contributed by atoms with van der Waals surface area (Å²) in [6.07, 6.45) is 1.36. The molecule has 2 atom stereocenters. The van der Waals surface area contributed by atoms with Crippen molar-refractivity contribution in [3.05, 3.63) is 62.0 Å². The molecule has 4 aliphatic heterocycles. The molecule has 2 aromatic rings. The van der Waals surface area contributed by atoms with Crippen LogP contribution in [0.15, 0.2) is 40.9 Å². The van der Waals surface area contributed by atoms with E-state index in [2.05, 4.69) is 26.1 Å². The van der Waals surface area contributed by atoms with Gasteiger partial charge in [-0.05, 0) is 84.4 Å². The zero-order chi connectivity index (χ0) is 35.5. The number of para-hydroxylation sites is 1. The molecule has 2 aromatic carbocycles. The number of piperazine rings is 1. The first-order valence-electron chi connectivity index (χ1n) is 17.2. The number of amides is 4. The third-order valence-corrected chi connectivity index (χ3v) is 12.5. The second kappa shape index (κ2) is 16.1. The van der Waals surface area contributed by atoms with E-state index in [-0.39, 0.29) is 36.3 Å². The van der Waals surface area contributed by atoms with E-state index in [1.807, 2.05) is 50.9 Å². The molecule has 0 bridgehead atoms. The number of likely N-dealkylation sites (tertiary alicyclic amines) is 2. The lowest BCUT2D eigenvalue weighted by Gasteiger charge is -2.45. The number of likely N-dealkylation sites (N-methyl/N-ethyl adjacent to an activating group) is 1. The van der Waals surface area contributed by atoms with Gasteiger partial charge < -0.3 is 29.9 Å². The minimum Gasteiger partial charge on any atom is -0.450 e. The van der Waals surface area contributed by atoms with Crippen molar-refractivity contribution in [1.29, 1.82) is 0 Å². The monoisotopic (exact) mass is 792 g/mol. The number of carbonyl (C=O) groups excluding carboxylic acids is 3. The zero-order valence-corrected chi connectivity index (χ0v) is 31.1. The number of urea groups is 1. The molecule has 0 radical (unpaired) electrons. The number of carboxylic acid groups (broad SMARTS) is 1. The predicted octanol–water partition coefficient (Wildman–Crippen LogP) is 5.60. The van der Waals surface area contributed by atoms with Gasteiger partial charge in [-0.2, -0.15) is 0 Å². The lowest BCUT2D eigenvalue weighted by Crippen LogP contribution is -2.58. The van der Waals surface area contributed by atoms with Gasteiger partial charge >= 0.3 is 12.2 Å². The van der Waals surface area contributed by atoms with Crippen LogP contribution in [0.5, 0.6) is 0 Å². The second-order valence-corrected chi connectivity index (χ2v) is 15.3. The number of nitrogens with one attached hydrogen (secondary N) is 1. The topological polar surface area (TPSA) is 126 Å². The van der Waals surface area contributed by atoms with Gasteiger partial charge in [-0.15, -0.1) is 0 Å². The fourth-order valence-electron chi connectivity index (χ4n) is 7.69. The van der Waals surface area contributed by atoms with E-state index < -0.39 is 18.3 Å². The Kier molecular flexibility index (Phi) is 11.8. The maximum atomic E-state index is 14.2. The SMILES string of the molecule is CN1CCN(C2CCN(C(=O)C(CC(=O)N3CCC(N4Cc5ccccc5NC4=O)CC3)Cc3cc(Cl)c(Br)c(Cl)c3)CC2)CC1OC(=O)O. The Morgan fingerprint density at radius 3 is 2.28 bits per heavy atom. The molecule has 12 nitrogen and oxygen atoms in total. The van der Waals surface area contributed by atoms with Crippen molar-refractivity contribution >= 4 is 68.8 Å². The van der Waals surface area contributed by atoms with Gasteiger partial charge in [0.2, 0.25) is 11.8 Å². The van der Waals surface area contributed by atoms with E-state index >= 15 is 0 Å². The van der Waals surface area contributed by atoms with Crippen molar-refractivity contribution in [1.82, 2.24) is 24.5 Å². The summed E-state index contributed by atoms with van der Waals surface area (Å²) in [4.78, 5) is 61.8. The summed E-state index contributed by atoms with van der Waals surface area (Å²) in [7, 11) is 1.86. The summed E-state index contributed by atoms with van der Waals surface area (Å²) >= 11 is 16.2. The Morgan fingerprint density at radius 2 is 1.60 bits per heavy atom. The molecule has 3 fully saturated rings. The van der Waals surface area contributed by atoms with Crippen molar-refractivity contribution in [2.24, 2.45) is 5.92 Å². The Labute approximate surface area is 310 Å². The van der Waals surface area contributed by atoms with Gasteiger partial charge in [0, 0.05) is 76.5 Å². The Balaban J connectivity index is 1.08. The molecule has 50 heavy (non-hydrogen) atoms. The molecule has 2 N–H and O–H groups in total. The molecule has 4 heterocycles. The lowest BCUT2D eigenvalue weighted by atomic mass is 9.92. The summed E-state index contributed by atoms with van der Waals surface area (Å²) in [5, 5.41) is 13.0. The number of hydrogen-bond acceptors (Lipinski definition) is 7. The number of ether oxygens (including phenoxy) is 1. The van der Waals surface area contributed by atoms with Crippen molar-refractivity contribution in [3.63, 3.8) is 0 Å². The van der Waals surface area contributed by atoms with E-state index in [0.29, 0.717) is 79.6 Å². The highest BCUT2D eigenvalue weighted by molar-refractivity contribution is 9.10. The molecular formula is C35H43BrCl2N6O6. The van der Waals surface area contributed by atoms with Gasteiger partial charge in [0.15, 0.2) is 6.23 Å². The quantitative estimate of drug-likeness (QED) is 0.262. The van der Waals surface area contributed by atoms with E-state index in [4.69, 9.17) is 33.0 Å². The smallest absolute Gasteiger partial charge is 0.450 e. The van der Waals surface area contributed by atoms with Gasteiger partial charge in [-0.1, -0.05) is 41.4 Å². The maximum absolute atomic E-state index is 14.2. The minimum absolute atomic E-state index is 0.0180. The molecule has 0 aliphatic carbocycles. The number of benzene rings is 2. The second-order valence-electron chi connectivity index (χ2n) is 13.7. The van der Waals surface area contributed by atoms with Gasteiger partial charge in [0.1, 0.15) is 0 Å². The number of piperidine rings is 2. The average molecular weight is 795 g/mol. The van der Waals surface area contributed by atoms with Crippen LogP contribution in [-0.2, 0) is 27.3 Å². The van der Waals surface area contributed by atoms with Crippen molar-refractivity contribution in [2.75, 3.05) is 58.2 Å². The van der Waals surface area contributed by atoms with E-state index in [1.165, 1.54) is 0 Å². The van der Waals surface area contributed by atoms with Crippen molar-refractivity contribution in [2.45, 2.75) is 63.4 Å². The van der Waals surface area contributed by atoms with Crippen molar-refractivity contribution < 1.29 is 29.0 Å². The molecule has 0 aromatic heterocycles. The molecule has 6 rings (SSSR count). The third-order valence-electron chi connectivity index (χ3n) is 10.6. The summed E-state index contributed by atoms with van der Waals surface area (Å²) in [5.41, 5.74) is 2.69. The van der Waals surface area contributed by atoms with E-state index in [0.717, 1.165) is 36.2 Å². The van der Waals surface area contributed by atoms with E-state index in [1.54, 1.807) is 12.1 Å². The summed E-state index contributed by atoms with van der Waals surface area (Å²) < 4.78 is 5.68. The van der Waals surface area contributed by atoms with Crippen molar-refractivity contribution in [3.8, 4) is 0 Å². The zero-order valence-electron chi connectivity index (χ0n) is 28.0. The molecule has 0 saturated carbocycles. The highest BCUT2D eigenvalue weighted by Gasteiger charge is 2.37. The normalized spacial score (nSPS) is 21.8. The fourth-order valence-corrected chi connectivity index (χ4v) is 8.45. The fraction of sp³-hybridized carbons (Fsp3) is 0.543. The summed E-state index contributed by atoms with van der Waals surface area (Å²) in [5.74, 6) is -0.760. The standard InChI is InChI=1S/C35H43BrCl2N6O6/c1-40-14-15-43(21-31(40)50-35(48)49)25-6-12-42(13-7-25)33(46)24(16-22-17-27(37)32(36)28(38)18-22)19-30(45)41-10-8-26(9-11-41)44-20-23-4-2-3-5-29(23)39-34(44)47/h2-5,17-18,24-26,31H,6-16,19-21H2,1H3,(H,39,47)(H,48,49). The molecule has 4 aliphatic rings. The van der Waals surface area contributed by atoms with Crippen LogP contribution in [0, 0.1) is 5.92 Å². The maximum Gasteiger partial charge on any atom is 0.507 e. The molecule has 2 unspecified atom stereocenters. The van der Waals surface area contributed by atoms with Gasteiger partial charge in [-0.3, -0.25) is 19.4 Å². The Morgan fingerprint density at radius 1 is 0.960 bits per heavy atom. The minimum atomic E-state index is -1.29. The van der Waals surface area contributed by atoms with Crippen LogP contribution in [0.1, 0.15) is 43.2 Å². The Hall–Kier alpha value is -3.10. The molecule has 0 spiro atoms. The highest BCUT2D eigenvalue weighted by atomic mass is 79.9.